The van der Waals surface area contributed by atoms with Crippen LogP contribution < -0.4 is 21.9 Å². The van der Waals surface area contributed by atoms with E-state index in [0.29, 0.717) is 24.5 Å². The van der Waals surface area contributed by atoms with Gasteiger partial charge in [-0.25, -0.2) is 4.79 Å². The third-order valence-corrected chi connectivity index (χ3v) is 4.67. The molecule has 158 valence electrons. The van der Waals surface area contributed by atoms with E-state index >= 15 is 0 Å². The van der Waals surface area contributed by atoms with Gasteiger partial charge in [0.25, 0.3) is 5.56 Å². The van der Waals surface area contributed by atoms with Gasteiger partial charge < -0.3 is 10.6 Å². The number of benzene rings is 1. The lowest BCUT2D eigenvalue weighted by molar-refractivity contribution is -0.118. The highest BCUT2D eigenvalue weighted by Gasteiger charge is 2.25. The van der Waals surface area contributed by atoms with Crippen molar-refractivity contribution >= 4 is 29.0 Å². The van der Waals surface area contributed by atoms with Crippen LogP contribution in [0.25, 0.3) is 0 Å². The molecule has 2 rings (SSSR count). The second-order valence-electron chi connectivity index (χ2n) is 8.02. The van der Waals surface area contributed by atoms with Crippen molar-refractivity contribution in [2.75, 3.05) is 17.2 Å². The number of amides is 1. The number of aromatic amines is 1. The van der Waals surface area contributed by atoms with Crippen molar-refractivity contribution in [3.8, 4) is 0 Å². The van der Waals surface area contributed by atoms with Crippen molar-refractivity contribution in [1.82, 2.24) is 9.55 Å². The van der Waals surface area contributed by atoms with Crippen LogP contribution in [-0.4, -0.2) is 22.0 Å². The van der Waals surface area contributed by atoms with Crippen LogP contribution in [0.1, 0.15) is 39.7 Å². The zero-order valence-electron chi connectivity index (χ0n) is 17.4. The predicted molar refractivity (Wildman–Crippen MR) is 118 cm³/mol. The summed E-state index contributed by atoms with van der Waals surface area (Å²) in [7, 11) is 0. The number of hydrogen-bond acceptors (Lipinski definition) is 4. The number of nitrogens with one attached hydrogen (secondary N) is 1. The van der Waals surface area contributed by atoms with Crippen LogP contribution >= 0.6 is 11.6 Å². The lowest BCUT2D eigenvalue weighted by atomic mass is 10.1. The van der Waals surface area contributed by atoms with Gasteiger partial charge in [0.15, 0.2) is 5.69 Å². The number of carbonyl (C=O) groups is 1. The van der Waals surface area contributed by atoms with Gasteiger partial charge >= 0.3 is 5.69 Å². The highest BCUT2D eigenvalue weighted by Crippen LogP contribution is 2.21. The van der Waals surface area contributed by atoms with Gasteiger partial charge in [0.1, 0.15) is 5.82 Å². The van der Waals surface area contributed by atoms with E-state index in [1.807, 2.05) is 39.8 Å². The van der Waals surface area contributed by atoms with E-state index in [1.54, 1.807) is 12.1 Å². The summed E-state index contributed by atoms with van der Waals surface area (Å²) in [5.74, 6) is 0.0557. The quantitative estimate of drug-likeness (QED) is 0.685. The van der Waals surface area contributed by atoms with Gasteiger partial charge in [0, 0.05) is 24.5 Å². The van der Waals surface area contributed by atoms with Crippen molar-refractivity contribution in [1.29, 1.82) is 0 Å². The van der Waals surface area contributed by atoms with E-state index in [2.05, 4.69) is 4.98 Å². The Morgan fingerprint density at radius 3 is 2.31 bits per heavy atom. The zero-order chi connectivity index (χ0) is 21.7. The topological polar surface area (TPSA) is 101 Å². The summed E-state index contributed by atoms with van der Waals surface area (Å²) in [5, 5.41) is 0.633. The summed E-state index contributed by atoms with van der Waals surface area (Å²) in [6, 6.07) is 7.29. The minimum Gasteiger partial charge on any atom is -0.383 e. The van der Waals surface area contributed by atoms with Crippen molar-refractivity contribution in [2.45, 2.75) is 47.1 Å². The Hall–Kier alpha value is -2.54. The van der Waals surface area contributed by atoms with Crippen molar-refractivity contribution < 1.29 is 4.79 Å². The molecule has 7 nitrogen and oxygen atoms in total. The molecule has 0 radical (unpaired) electrons. The fraction of sp³-hybridized carbons (Fsp3) is 0.476. The number of H-pyrrole nitrogens is 1. The molecule has 0 aliphatic carbocycles. The SMILES string of the molecule is CC(C)CN(C(=O)CCc1ccc(Cl)cc1)c1c(N)n(CC(C)C)c(=O)[nH]c1=O. The molecule has 2 aromatic rings. The molecular formula is C21H29ClN4O3. The number of carbonyl (C=O) groups excluding carboxylic acids is 1. The molecule has 0 aliphatic rings. The van der Waals surface area contributed by atoms with Crippen LogP contribution in [0.15, 0.2) is 33.9 Å². The molecule has 29 heavy (non-hydrogen) atoms. The second-order valence-corrected chi connectivity index (χ2v) is 8.46. The van der Waals surface area contributed by atoms with Gasteiger partial charge in [0.2, 0.25) is 5.91 Å². The number of hydrogen-bond donors (Lipinski definition) is 2. The van der Waals surface area contributed by atoms with Crippen LogP contribution in [0.4, 0.5) is 11.5 Å². The number of aromatic nitrogens is 2. The molecule has 0 unspecified atom stereocenters. The fourth-order valence-corrected chi connectivity index (χ4v) is 3.23. The maximum atomic E-state index is 13.0. The van der Waals surface area contributed by atoms with Gasteiger partial charge in [-0.15, -0.1) is 0 Å². The molecular weight excluding hydrogens is 392 g/mol. The Morgan fingerprint density at radius 1 is 1.14 bits per heavy atom. The molecule has 8 heteroatoms. The van der Waals surface area contributed by atoms with Crippen LogP contribution in [0, 0.1) is 11.8 Å². The van der Waals surface area contributed by atoms with Gasteiger partial charge in [0.05, 0.1) is 0 Å². The molecule has 1 aromatic heterocycles. The molecule has 1 amide bonds. The second kappa shape index (κ2) is 9.78. The summed E-state index contributed by atoms with van der Waals surface area (Å²) >= 11 is 5.91. The average molecular weight is 421 g/mol. The Bertz CT molecular complexity index is 961. The third-order valence-electron chi connectivity index (χ3n) is 4.42. The number of halogens is 1. The van der Waals surface area contributed by atoms with Gasteiger partial charge in [-0.05, 0) is 36.0 Å². The zero-order valence-corrected chi connectivity index (χ0v) is 18.1. The first-order valence-electron chi connectivity index (χ1n) is 9.77. The van der Waals surface area contributed by atoms with E-state index in [0.717, 1.165) is 5.56 Å². The smallest absolute Gasteiger partial charge is 0.330 e. The van der Waals surface area contributed by atoms with E-state index in [9.17, 15) is 14.4 Å². The highest BCUT2D eigenvalue weighted by atomic mass is 35.5. The normalized spacial score (nSPS) is 11.3. The molecule has 0 spiro atoms. The Kier molecular flexibility index (Phi) is 7.67. The minimum atomic E-state index is -0.645. The Morgan fingerprint density at radius 2 is 1.76 bits per heavy atom. The number of nitrogens with two attached hydrogens (primary N) is 1. The lowest BCUT2D eigenvalue weighted by Crippen LogP contribution is -2.43. The minimum absolute atomic E-state index is 0.0212. The number of nitrogen functional groups attached to an aromatic ring is 1. The lowest BCUT2D eigenvalue weighted by Gasteiger charge is -2.26. The monoisotopic (exact) mass is 420 g/mol. The van der Waals surface area contributed by atoms with Crippen LogP contribution in [0.2, 0.25) is 5.02 Å². The van der Waals surface area contributed by atoms with E-state index in [-0.39, 0.29) is 35.7 Å². The maximum Gasteiger partial charge on any atom is 0.330 e. The number of rotatable bonds is 8. The summed E-state index contributed by atoms with van der Waals surface area (Å²) < 4.78 is 1.32. The molecule has 1 aromatic carbocycles. The van der Waals surface area contributed by atoms with E-state index in [4.69, 9.17) is 17.3 Å². The van der Waals surface area contributed by atoms with Crippen molar-refractivity contribution in [3.63, 3.8) is 0 Å². The molecule has 0 aliphatic heterocycles. The summed E-state index contributed by atoms with van der Waals surface area (Å²) in [6.45, 7) is 8.47. The van der Waals surface area contributed by atoms with Gasteiger partial charge in [-0.1, -0.05) is 51.4 Å². The predicted octanol–water partition coefficient (Wildman–Crippen LogP) is 3.05. The van der Waals surface area contributed by atoms with Gasteiger partial charge in [-0.3, -0.25) is 19.1 Å². The van der Waals surface area contributed by atoms with Crippen molar-refractivity contribution in [2.24, 2.45) is 11.8 Å². The Labute approximate surface area is 175 Å². The Balaban J connectivity index is 2.38. The molecule has 0 fully saturated rings. The van der Waals surface area contributed by atoms with Crippen LogP contribution in [0.5, 0.6) is 0 Å². The molecule has 1 heterocycles. The van der Waals surface area contributed by atoms with E-state index in [1.165, 1.54) is 9.47 Å². The summed E-state index contributed by atoms with van der Waals surface area (Å²) in [6.07, 6.45) is 0.713. The average Bonchev–Trinajstić information content (AvgIpc) is 2.63. The van der Waals surface area contributed by atoms with E-state index < -0.39 is 11.2 Å². The summed E-state index contributed by atoms with van der Waals surface area (Å²) in [4.78, 5) is 41.6. The third kappa shape index (κ3) is 5.97. The highest BCUT2D eigenvalue weighted by molar-refractivity contribution is 6.30. The molecule has 0 saturated carbocycles. The first kappa shape index (κ1) is 22.7. The first-order chi connectivity index (χ1) is 13.6. The fourth-order valence-electron chi connectivity index (χ4n) is 3.10. The number of anilines is 2. The molecule has 3 N–H and O–H groups in total. The maximum absolute atomic E-state index is 13.0. The van der Waals surface area contributed by atoms with Crippen molar-refractivity contribution in [3.05, 3.63) is 55.7 Å². The number of nitrogens with zero attached hydrogens (tertiary/aromatic N) is 2. The van der Waals surface area contributed by atoms with Gasteiger partial charge in [-0.2, -0.15) is 0 Å². The molecule has 0 atom stereocenters. The first-order valence-corrected chi connectivity index (χ1v) is 10.1. The van der Waals surface area contributed by atoms with Crippen LogP contribution in [0.3, 0.4) is 0 Å². The molecule has 0 saturated heterocycles. The number of aryl methyl sites for hydroxylation is 1. The summed E-state index contributed by atoms with van der Waals surface area (Å²) in [5.41, 5.74) is 6.01. The standard InChI is InChI=1S/C21H29ClN4O3/c1-13(2)11-25(17(27)10-7-15-5-8-16(22)9-6-15)18-19(23)26(12-14(3)4)21(29)24-20(18)28/h5-6,8-9,13-14H,7,10-12,23H2,1-4H3,(H,24,28,29). The largest absolute Gasteiger partial charge is 0.383 e. The van der Waals surface area contributed by atoms with Crippen LogP contribution in [-0.2, 0) is 17.8 Å². The molecule has 0 bridgehead atoms.